The van der Waals surface area contributed by atoms with Crippen LogP contribution < -0.4 is 0 Å². The van der Waals surface area contributed by atoms with Gasteiger partial charge in [0, 0.05) is 5.56 Å². The summed E-state index contributed by atoms with van der Waals surface area (Å²) in [4.78, 5) is 0. The zero-order chi connectivity index (χ0) is 19.7. The summed E-state index contributed by atoms with van der Waals surface area (Å²) in [5.41, 5.74) is 8.36. The minimum atomic E-state index is -1.82. The van der Waals surface area contributed by atoms with Gasteiger partial charge < -0.3 is 0 Å². The summed E-state index contributed by atoms with van der Waals surface area (Å²) < 4.78 is 0. The van der Waals surface area contributed by atoms with E-state index in [0.29, 0.717) is 0 Å². The first-order chi connectivity index (χ1) is 14.2. The van der Waals surface area contributed by atoms with Crippen LogP contribution in [0, 0.1) is 11.5 Å². The molecule has 0 aromatic heterocycles. The highest BCUT2D eigenvalue weighted by Gasteiger charge is 2.47. The lowest BCUT2D eigenvalue weighted by Crippen LogP contribution is -2.37. The molecule has 0 spiro atoms. The van der Waals surface area contributed by atoms with Crippen LogP contribution in [0.15, 0.2) is 66.1 Å². The number of rotatable bonds is 2. The molecule has 2 heteroatoms. The Bertz CT molecular complexity index is 930. The molecule has 0 radical (unpaired) electrons. The number of benzene rings is 2. The molecule has 2 fully saturated rings. The summed E-state index contributed by atoms with van der Waals surface area (Å²) in [6.45, 7) is 3.39. The lowest BCUT2D eigenvalue weighted by atomic mass is 9.24. The van der Waals surface area contributed by atoms with E-state index in [0.717, 1.165) is 23.9 Å². The Morgan fingerprint density at radius 1 is 0.828 bits per heavy atom. The molecule has 29 heavy (non-hydrogen) atoms. The van der Waals surface area contributed by atoms with E-state index in [1.807, 2.05) is 5.47 Å². The zero-order valence-corrected chi connectivity index (χ0v) is 18.7. The van der Waals surface area contributed by atoms with Crippen LogP contribution in [0.3, 0.4) is 0 Å². The Hall–Kier alpha value is -1.98. The molecule has 1 atom stereocenters. The SMILES string of the molecule is C[Si]1(C#Cc2ccccc2)CCC(B2C3CCCC2CCC3)=C1c1ccccc1. The summed E-state index contributed by atoms with van der Waals surface area (Å²) in [7, 11) is -1.82. The molecule has 146 valence electrons. The highest BCUT2D eigenvalue weighted by atomic mass is 28.3. The number of hydrogen-bond acceptors (Lipinski definition) is 0. The van der Waals surface area contributed by atoms with Crippen LogP contribution in [0.1, 0.15) is 56.1 Å². The third-order valence-electron chi connectivity index (χ3n) is 7.80. The predicted molar refractivity (Wildman–Crippen MR) is 129 cm³/mol. The largest absolute Gasteiger partial charge is 0.176 e. The standard InChI is InChI=1S/C27H31BSi/c1-29(20-18-22-10-4-2-5-11-22)21-19-26(27(29)23-12-6-3-7-13-23)28-24-14-8-15-25(28)17-9-16-24/h2-7,10-13,24-25H,8-9,14-17,19,21H2,1H3. The van der Waals surface area contributed by atoms with Crippen LogP contribution in [0.2, 0.25) is 24.2 Å². The summed E-state index contributed by atoms with van der Waals surface area (Å²) in [5.74, 6) is 5.46. The van der Waals surface area contributed by atoms with Crippen LogP contribution in [-0.2, 0) is 0 Å². The first kappa shape index (κ1) is 19.0. The maximum atomic E-state index is 3.89. The van der Waals surface area contributed by atoms with Gasteiger partial charge in [-0.1, -0.05) is 117 Å². The molecule has 0 nitrogen and oxygen atoms in total. The fourth-order valence-electron chi connectivity index (χ4n) is 6.53. The van der Waals surface area contributed by atoms with Crippen LogP contribution in [0.4, 0.5) is 0 Å². The molecule has 1 unspecified atom stereocenters. The fraction of sp³-hybridized carbons (Fsp3) is 0.407. The van der Waals surface area contributed by atoms with Crippen molar-refractivity contribution in [2.24, 2.45) is 0 Å². The van der Waals surface area contributed by atoms with E-state index in [2.05, 4.69) is 78.7 Å². The third kappa shape index (κ3) is 3.66. The van der Waals surface area contributed by atoms with Gasteiger partial charge in [-0.3, -0.25) is 0 Å². The molecule has 0 amide bonds. The van der Waals surface area contributed by atoms with E-state index in [1.165, 1.54) is 56.6 Å². The Kier molecular flexibility index (Phi) is 5.27. The third-order valence-corrected chi connectivity index (χ3v) is 11.4. The Morgan fingerprint density at radius 3 is 2.03 bits per heavy atom. The van der Waals surface area contributed by atoms with Crippen molar-refractivity contribution in [3.8, 4) is 11.5 Å². The normalized spacial score (nSPS) is 28.8. The van der Waals surface area contributed by atoms with E-state index in [-0.39, 0.29) is 0 Å². The summed E-state index contributed by atoms with van der Waals surface area (Å²) in [5, 5.41) is 1.71. The zero-order valence-electron chi connectivity index (χ0n) is 17.7. The second kappa shape index (κ2) is 8.04. The summed E-state index contributed by atoms with van der Waals surface area (Å²) in [6, 6.07) is 23.2. The van der Waals surface area contributed by atoms with Gasteiger partial charge in [0.1, 0.15) is 0 Å². The van der Waals surface area contributed by atoms with Crippen molar-refractivity contribution in [3.05, 3.63) is 77.3 Å². The summed E-state index contributed by atoms with van der Waals surface area (Å²) >= 11 is 0. The quantitative estimate of drug-likeness (QED) is 0.373. The molecular formula is C27H31BSi. The maximum Gasteiger partial charge on any atom is 0.176 e. The second-order valence-corrected chi connectivity index (χ2v) is 13.5. The van der Waals surface area contributed by atoms with Gasteiger partial charge in [-0.15, -0.1) is 5.54 Å². The molecule has 2 saturated heterocycles. The van der Waals surface area contributed by atoms with Crippen molar-refractivity contribution in [3.63, 3.8) is 0 Å². The van der Waals surface area contributed by atoms with Gasteiger partial charge in [-0.25, -0.2) is 0 Å². The first-order valence-electron chi connectivity index (χ1n) is 11.6. The van der Waals surface area contributed by atoms with Crippen molar-refractivity contribution in [2.45, 2.75) is 69.2 Å². The van der Waals surface area contributed by atoms with Crippen molar-refractivity contribution in [1.29, 1.82) is 0 Å². The number of fused-ring (bicyclic) bond motifs is 2. The fourth-order valence-corrected chi connectivity index (χ4v) is 10.0. The topological polar surface area (TPSA) is 0 Å². The minimum absolute atomic E-state index is 0.848. The van der Waals surface area contributed by atoms with E-state index >= 15 is 0 Å². The minimum Gasteiger partial charge on any atom is -0.121 e. The molecule has 3 aliphatic heterocycles. The Morgan fingerprint density at radius 2 is 1.41 bits per heavy atom. The summed E-state index contributed by atoms with van der Waals surface area (Å²) in [6.07, 6.45) is 10.1. The smallest absolute Gasteiger partial charge is 0.121 e. The molecule has 2 aromatic carbocycles. The highest BCUT2D eigenvalue weighted by molar-refractivity contribution is 7.04. The molecule has 3 aliphatic rings. The molecule has 3 heterocycles. The predicted octanol–water partition coefficient (Wildman–Crippen LogP) is 7.19. The van der Waals surface area contributed by atoms with Gasteiger partial charge in [-0.05, 0) is 35.4 Å². The number of allylic oxidation sites excluding steroid dienone is 1. The van der Waals surface area contributed by atoms with Gasteiger partial charge in [0.2, 0.25) is 0 Å². The lowest BCUT2D eigenvalue weighted by Gasteiger charge is -2.42. The number of hydrogen-bond donors (Lipinski definition) is 0. The van der Waals surface area contributed by atoms with Crippen LogP contribution in [0.5, 0.6) is 0 Å². The van der Waals surface area contributed by atoms with Gasteiger partial charge >= 0.3 is 0 Å². The molecule has 0 saturated carbocycles. The Balaban J connectivity index is 1.61. The van der Waals surface area contributed by atoms with Gasteiger partial charge in [-0.2, -0.15) is 0 Å². The van der Waals surface area contributed by atoms with Crippen LogP contribution in [0.25, 0.3) is 5.20 Å². The van der Waals surface area contributed by atoms with Crippen molar-refractivity contribution < 1.29 is 0 Å². The maximum absolute atomic E-state index is 3.89. The average Bonchev–Trinajstić information content (AvgIpc) is 3.10. The van der Waals surface area contributed by atoms with Crippen LogP contribution in [-0.4, -0.2) is 14.8 Å². The van der Waals surface area contributed by atoms with Crippen molar-refractivity contribution in [2.75, 3.05) is 0 Å². The first-order valence-corrected chi connectivity index (χ1v) is 14.3. The van der Waals surface area contributed by atoms with E-state index in [9.17, 15) is 0 Å². The Labute approximate surface area is 177 Å². The lowest BCUT2D eigenvalue weighted by molar-refractivity contribution is 0.445. The van der Waals surface area contributed by atoms with Crippen LogP contribution >= 0.6 is 0 Å². The molecule has 5 rings (SSSR count). The van der Waals surface area contributed by atoms with E-state index < -0.39 is 8.07 Å². The van der Waals surface area contributed by atoms with Gasteiger partial charge in [0.15, 0.2) is 14.8 Å². The highest BCUT2D eigenvalue weighted by Crippen LogP contribution is 2.54. The molecule has 0 aliphatic carbocycles. The van der Waals surface area contributed by atoms with Crippen molar-refractivity contribution >= 4 is 20.0 Å². The average molecular weight is 394 g/mol. The van der Waals surface area contributed by atoms with Crippen molar-refractivity contribution in [1.82, 2.24) is 0 Å². The monoisotopic (exact) mass is 394 g/mol. The molecular weight excluding hydrogens is 363 g/mol. The molecule has 2 aromatic rings. The van der Waals surface area contributed by atoms with E-state index in [1.54, 1.807) is 5.20 Å². The van der Waals surface area contributed by atoms with Gasteiger partial charge in [0.25, 0.3) is 0 Å². The molecule has 2 bridgehead atoms. The van der Waals surface area contributed by atoms with Gasteiger partial charge in [0.05, 0.1) is 0 Å². The second-order valence-electron chi connectivity index (χ2n) is 9.62. The molecule has 0 N–H and O–H groups in total. The van der Waals surface area contributed by atoms with E-state index in [4.69, 9.17) is 0 Å².